The van der Waals surface area contributed by atoms with Gasteiger partial charge in [0.25, 0.3) is 0 Å². The molecule has 0 aromatic heterocycles. The molecule has 4 nitrogen and oxygen atoms in total. The number of ether oxygens (including phenoxy) is 1. The third kappa shape index (κ3) is 6.41. The number of halogens is 2. The molecule has 3 aromatic rings. The van der Waals surface area contributed by atoms with E-state index in [9.17, 15) is 9.18 Å². The van der Waals surface area contributed by atoms with Crippen LogP contribution in [0.15, 0.2) is 66.7 Å². The van der Waals surface area contributed by atoms with E-state index in [1.807, 2.05) is 60.7 Å². The summed E-state index contributed by atoms with van der Waals surface area (Å²) in [5.74, 6) is 0.641. The number of carbonyl (C=O) groups excluding carboxylic acids is 1. The van der Waals surface area contributed by atoms with Crippen molar-refractivity contribution in [1.82, 2.24) is 10.2 Å². The summed E-state index contributed by atoms with van der Waals surface area (Å²) in [5.41, 5.74) is 3.81. The van der Waals surface area contributed by atoms with Crippen LogP contribution >= 0.6 is 11.6 Å². The lowest BCUT2D eigenvalue weighted by Gasteiger charge is -2.37. The molecular weight excluding hydrogens is 463 g/mol. The Kier molecular flexibility index (Phi) is 8.42. The zero-order chi connectivity index (χ0) is 24.8. The molecule has 0 saturated carbocycles. The second kappa shape index (κ2) is 11.7. The maximum atomic E-state index is 13.9. The Balaban J connectivity index is 1.47. The second-order valence-electron chi connectivity index (χ2n) is 9.28. The van der Waals surface area contributed by atoms with Gasteiger partial charge in [-0.3, -0.25) is 9.69 Å². The molecule has 6 heteroatoms. The molecule has 0 spiro atoms. The summed E-state index contributed by atoms with van der Waals surface area (Å²) in [6.45, 7) is 4.44. The minimum absolute atomic E-state index is 0.0487. The first kappa shape index (κ1) is 25.2. The summed E-state index contributed by atoms with van der Waals surface area (Å²) >= 11 is 6.43. The van der Waals surface area contributed by atoms with Gasteiger partial charge in [-0.2, -0.15) is 0 Å². The quantitative estimate of drug-likeness (QED) is 0.433. The Morgan fingerprint density at radius 2 is 1.83 bits per heavy atom. The molecule has 4 rings (SSSR count). The van der Waals surface area contributed by atoms with Crippen LogP contribution in [0.3, 0.4) is 0 Å². The molecule has 0 bridgehead atoms. The van der Waals surface area contributed by atoms with Crippen LogP contribution in [0.25, 0.3) is 0 Å². The standard InChI is InChI=1S/C29H32ClFN2O2/c1-20-15-22(11-12-27(20)31)24-16-25(19-33(18-24)17-23-8-3-5-9-26(23)30)29(34)32-14-13-21-7-4-6-10-28(21)35-2/h3-12,15,24-25H,13-14,16-19H2,1-2H3,(H,32,34)/t24-,25-/m0/s1. The van der Waals surface area contributed by atoms with Gasteiger partial charge in [0.2, 0.25) is 5.91 Å². The average molecular weight is 495 g/mol. The van der Waals surface area contributed by atoms with E-state index in [0.29, 0.717) is 31.6 Å². The van der Waals surface area contributed by atoms with Gasteiger partial charge in [0, 0.05) is 31.2 Å². The molecule has 1 aliphatic heterocycles. The first-order chi connectivity index (χ1) is 16.9. The van der Waals surface area contributed by atoms with Crippen LogP contribution in [0.2, 0.25) is 5.02 Å². The summed E-state index contributed by atoms with van der Waals surface area (Å²) in [4.78, 5) is 15.5. The van der Waals surface area contributed by atoms with E-state index in [1.165, 1.54) is 6.07 Å². The van der Waals surface area contributed by atoms with Crippen molar-refractivity contribution in [3.63, 3.8) is 0 Å². The lowest BCUT2D eigenvalue weighted by Crippen LogP contribution is -2.45. The van der Waals surface area contributed by atoms with Crippen molar-refractivity contribution in [2.45, 2.75) is 32.2 Å². The van der Waals surface area contributed by atoms with Crippen molar-refractivity contribution < 1.29 is 13.9 Å². The minimum atomic E-state index is -0.205. The highest BCUT2D eigenvalue weighted by atomic mass is 35.5. The fourth-order valence-corrected chi connectivity index (χ4v) is 5.11. The largest absolute Gasteiger partial charge is 0.496 e. The van der Waals surface area contributed by atoms with Crippen LogP contribution in [0.1, 0.15) is 34.6 Å². The molecule has 35 heavy (non-hydrogen) atoms. The number of piperidine rings is 1. The monoisotopic (exact) mass is 494 g/mol. The number of likely N-dealkylation sites (tertiary alicyclic amines) is 1. The molecule has 0 radical (unpaired) electrons. The number of amides is 1. The van der Waals surface area contributed by atoms with E-state index in [1.54, 1.807) is 14.0 Å². The second-order valence-corrected chi connectivity index (χ2v) is 9.68. The lowest BCUT2D eigenvalue weighted by atomic mass is 9.83. The first-order valence-electron chi connectivity index (χ1n) is 12.1. The lowest BCUT2D eigenvalue weighted by molar-refractivity contribution is -0.127. The van der Waals surface area contributed by atoms with Crippen molar-refractivity contribution in [2.24, 2.45) is 5.92 Å². The van der Waals surface area contributed by atoms with Gasteiger partial charge in [-0.05, 0) is 66.1 Å². The van der Waals surface area contributed by atoms with Crippen molar-refractivity contribution in [3.05, 3.63) is 99.8 Å². The topological polar surface area (TPSA) is 41.6 Å². The Morgan fingerprint density at radius 1 is 1.09 bits per heavy atom. The average Bonchev–Trinajstić information content (AvgIpc) is 2.87. The third-order valence-electron chi connectivity index (χ3n) is 6.79. The molecule has 2 atom stereocenters. The summed E-state index contributed by atoms with van der Waals surface area (Å²) in [6.07, 6.45) is 1.43. The molecule has 0 unspecified atom stereocenters. The molecule has 1 heterocycles. The van der Waals surface area contributed by atoms with Gasteiger partial charge in [0.05, 0.1) is 13.0 Å². The van der Waals surface area contributed by atoms with Gasteiger partial charge in [-0.25, -0.2) is 4.39 Å². The van der Waals surface area contributed by atoms with Crippen molar-refractivity contribution in [1.29, 1.82) is 0 Å². The first-order valence-corrected chi connectivity index (χ1v) is 12.4. The third-order valence-corrected chi connectivity index (χ3v) is 7.16. The number of benzene rings is 3. The molecular formula is C29H32ClFN2O2. The summed E-state index contributed by atoms with van der Waals surface area (Å²) in [7, 11) is 1.66. The van der Waals surface area contributed by atoms with Crippen molar-refractivity contribution in [3.8, 4) is 5.75 Å². The van der Waals surface area contributed by atoms with Crippen molar-refractivity contribution >= 4 is 17.5 Å². The highest BCUT2D eigenvalue weighted by molar-refractivity contribution is 6.31. The summed E-state index contributed by atoms with van der Waals surface area (Å²) in [5, 5.41) is 3.86. The maximum absolute atomic E-state index is 13.9. The Labute approximate surface area is 212 Å². The number of nitrogens with one attached hydrogen (secondary N) is 1. The molecule has 1 N–H and O–H groups in total. The van der Waals surface area contributed by atoms with E-state index in [2.05, 4.69) is 10.2 Å². The normalized spacial score (nSPS) is 18.3. The molecule has 1 amide bonds. The number of hydrogen-bond acceptors (Lipinski definition) is 3. The number of carbonyl (C=O) groups is 1. The fourth-order valence-electron chi connectivity index (χ4n) is 4.91. The molecule has 1 fully saturated rings. The maximum Gasteiger partial charge on any atom is 0.224 e. The number of aryl methyl sites for hydroxylation is 1. The van der Waals surface area contributed by atoms with Crippen LogP contribution in [0, 0.1) is 18.7 Å². The van der Waals surface area contributed by atoms with Gasteiger partial charge in [-0.15, -0.1) is 0 Å². The number of para-hydroxylation sites is 1. The summed E-state index contributed by atoms with van der Waals surface area (Å²) in [6, 6.07) is 21.0. The number of nitrogens with zero attached hydrogens (tertiary/aromatic N) is 1. The Bertz CT molecular complexity index is 1170. The molecule has 1 saturated heterocycles. The van der Waals surface area contributed by atoms with Gasteiger partial charge in [0.1, 0.15) is 11.6 Å². The van der Waals surface area contributed by atoms with Gasteiger partial charge in [0.15, 0.2) is 0 Å². The van der Waals surface area contributed by atoms with E-state index in [0.717, 1.165) is 40.4 Å². The molecule has 184 valence electrons. The van der Waals surface area contributed by atoms with E-state index >= 15 is 0 Å². The predicted octanol–water partition coefficient (Wildman–Crippen LogP) is 5.76. The Hall–Kier alpha value is -2.89. The van der Waals surface area contributed by atoms with Crippen LogP contribution in [-0.4, -0.2) is 37.6 Å². The van der Waals surface area contributed by atoms with Gasteiger partial charge >= 0.3 is 0 Å². The number of methoxy groups -OCH3 is 1. The van der Waals surface area contributed by atoms with E-state index in [4.69, 9.17) is 16.3 Å². The minimum Gasteiger partial charge on any atom is -0.496 e. The van der Waals surface area contributed by atoms with Crippen LogP contribution in [0.4, 0.5) is 4.39 Å². The molecule has 1 aliphatic rings. The fraction of sp³-hybridized carbons (Fsp3) is 0.345. The number of hydrogen-bond donors (Lipinski definition) is 1. The number of rotatable bonds is 8. The Morgan fingerprint density at radius 3 is 2.57 bits per heavy atom. The summed E-state index contributed by atoms with van der Waals surface area (Å²) < 4.78 is 19.3. The van der Waals surface area contributed by atoms with Gasteiger partial charge in [-0.1, -0.05) is 60.1 Å². The predicted molar refractivity (Wildman–Crippen MR) is 138 cm³/mol. The van der Waals surface area contributed by atoms with Crippen LogP contribution in [0.5, 0.6) is 5.75 Å². The van der Waals surface area contributed by atoms with E-state index < -0.39 is 0 Å². The van der Waals surface area contributed by atoms with Crippen LogP contribution in [-0.2, 0) is 17.8 Å². The molecule has 0 aliphatic carbocycles. The van der Waals surface area contributed by atoms with Gasteiger partial charge < -0.3 is 10.1 Å². The van der Waals surface area contributed by atoms with Crippen LogP contribution < -0.4 is 10.1 Å². The smallest absolute Gasteiger partial charge is 0.224 e. The highest BCUT2D eigenvalue weighted by Crippen LogP contribution is 2.33. The van der Waals surface area contributed by atoms with Crippen molar-refractivity contribution in [2.75, 3.05) is 26.7 Å². The van der Waals surface area contributed by atoms with E-state index in [-0.39, 0.29) is 23.6 Å². The highest BCUT2D eigenvalue weighted by Gasteiger charge is 2.32. The SMILES string of the molecule is COc1ccccc1CCNC(=O)[C@H]1C[C@H](c2ccc(F)c(C)c2)CN(Cc2ccccc2Cl)C1. The zero-order valence-corrected chi connectivity index (χ0v) is 21.0. The zero-order valence-electron chi connectivity index (χ0n) is 20.3. The molecule has 3 aromatic carbocycles.